The average molecular weight is 262 g/mol. The normalized spacial score (nSPS) is 10.3. The van der Waals surface area contributed by atoms with E-state index in [1.807, 2.05) is 32.0 Å². The fourth-order valence-corrected chi connectivity index (χ4v) is 2.12. The smallest absolute Gasteiger partial charge is 0.234 e. The summed E-state index contributed by atoms with van der Waals surface area (Å²) in [5, 5.41) is 13.7. The SMILES string of the molecule is Cc1ccc(NC(=O)CSc2cn[nH]n2)c(C)c1. The molecule has 0 fully saturated rings. The molecule has 2 N–H and O–H groups in total. The molecule has 18 heavy (non-hydrogen) atoms. The van der Waals surface area contributed by atoms with Crippen LogP contribution in [0, 0.1) is 13.8 Å². The number of anilines is 1. The molecule has 5 nitrogen and oxygen atoms in total. The summed E-state index contributed by atoms with van der Waals surface area (Å²) in [7, 11) is 0. The van der Waals surface area contributed by atoms with E-state index in [-0.39, 0.29) is 5.91 Å². The van der Waals surface area contributed by atoms with Gasteiger partial charge < -0.3 is 5.32 Å². The number of rotatable bonds is 4. The first kappa shape index (κ1) is 12.6. The van der Waals surface area contributed by atoms with Crippen LogP contribution >= 0.6 is 11.8 Å². The highest BCUT2D eigenvalue weighted by molar-refractivity contribution is 7.99. The fourth-order valence-electron chi connectivity index (χ4n) is 1.54. The average Bonchev–Trinajstić information content (AvgIpc) is 2.83. The van der Waals surface area contributed by atoms with Gasteiger partial charge in [0.15, 0.2) is 0 Å². The maximum Gasteiger partial charge on any atom is 0.234 e. The molecule has 0 aliphatic carbocycles. The van der Waals surface area contributed by atoms with E-state index in [1.165, 1.54) is 17.3 Å². The van der Waals surface area contributed by atoms with Gasteiger partial charge in [0.2, 0.25) is 5.91 Å². The van der Waals surface area contributed by atoms with Gasteiger partial charge in [-0.2, -0.15) is 10.3 Å². The Balaban J connectivity index is 1.91. The van der Waals surface area contributed by atoms with Crippen LogP contribution in [0.15, 0.2) is 29.4 Å². The van der Waals surface area contributed by atoms with Crippen molar-refractivity contribution >= 4 is 23.4 Å². The van der Waals surface area contributed by atoms with E-state index in [9.17, 15) is 4.79 Å². The number of thioether (sulfide) groups is 1. The number of hydrogen-bond acceptors (Lipinski definition) is 4. The number of H-pyrrole nitrogens is 1. The highest BCUT2D eigenvalue weighted by atomic mass is 32.2. The minimum Gasteiger partial charge on any atom is -0.325 e. The summed E-state index contributed by atoms with van der Waals surface area (Å²) in [6.45, 7) is 4.01. The van der Waals surface area contributed by atoms with E-state index >= 15 is 0 Å². The molecule has 1 heterocycles. The van der Waals surface area contributed by atoms with Crippen molar-refractivity contribution in [1.29, 1.82) is 0 Å². The van der Waals surface area contributed by atoms with Gasteiger partial charge >= 0.3 is 0 Å². The van der Waals surface area contributed by atoms with Crippen molar-refractivity contribution in [2.75, 3.05) is 11.1 Å². The van der Waals surface area contributed by atoms with Crippen molar-refractivity contribution in [2.24, 2.45) is 0 Å². The van der Waals surface area contributed by atoms with Crippen molar-refractivity contribution in [3.8, 4) is 0 Å². The summed E-state index contributed by atoms with van der Waals surface area (Å²) in [6, 6.07) is 5.94. The molecule has 0 saturated heterocycles. The molecule has 0 aliphatic rings. The molecule has 0 atom stereocenters. The van der Waals surface area contributed by atoms with Crippen LogP contribution in [0.2, 0.25) is 0 Å². The van der Waals surface area contributed by atoms with Crippen molar-refractivity contribution < 1.29 is 4.79 Å². The summed E-state index contributed by atoms with van der Waals surface area (Å²) in [5.41, 5.74) is 3.10. The van der Waals surface area contributed by atoms with E-state index in [0.717, 1.165) is 11.3 Å². The second-order valence-corrected chi connectivity index (χ2v) is 4.96. The summed E-state index contributed by atoms with van der Waals surface area (Å²) in [5.74, 6) is 0.273. The second kappa shape index (κ2) is 5.68. The van der Waals surface area contributed by atoms with Crippen molar-refractivity contribution in [3.05, 3.63) is 35.5 Å². The number of benzene rings is 1. The zero-order valence-corrected chi connectivity index (χ0v) is 11.0. The number of carbonyl (C=O) groups excluding carboxylic acids is 1. The van der Waals surface area contributed by atoms with Gasteiger partial charge in [-0.25, -0.2) is 0 Å². The van der Waals surface area contributed by atoms with E-state index in [0.29, 0.717) is 10.8 Å². The number of aromatic nitrogens is 3. The van der Waals surface area contributed by atoms with E-state index in [1.54, 1.807) is 6.20 Å². The van der Waals surface area contributed by atoms with Crippen LogP contribution in [0.25, 0.3) is 0 Å². The Morgan fingerprint density at radius 3 is 2.94 bits per heavy atom. The third kappa shape index (κ3) is 3.33. The number of hydrogen-bond donors (Lipinski definition) is 2. The predicted molar refractivity (Wildman–Crippen MR) is 71.7 cm³/mol. The topological polar surface area (TPSA) is 70.7 Å². The lowest BCUT2D eigenvalue weighted by Gasteiger charge is -2.08. The molecule has 1 aromatic heterocycles. The highest BCUT2D eigenvalue weighted by Crippen LogP contribution is 2.17. The van der Waals surface area contributed by atoms with Gasteiger partial charge in [-0.1, -0.05) is 29.5 Å². The van der Waals surface area contributed by atoms with Crippen LogP contribution in [-0.4, -0.2) is 27.1 Å². The first-order valence-electron chi connectivity index (χ1n) is 5.51. The lowest BCUT2D eigenvalue weighted by molar-refractivity contribution is -0.113. The van der Waals surface area contributed by atoms with Crippen LogP contribution in [0.1, 0.15) is 11.1 Å². The minimum absolute atomic E-state index is 0.0463. The first-order chi connectivity index (χ1) is 8.65. The molecule has 94 valence electrons. The monoisotopic (exact) mass is 262 g/mol. The van der Waals surface area contributed by atoms with E-state index < -0.39 is 0 Å². The Morgan fingerprint density at radius 1 is 1.44 bits per heavy atom. The summed E-state index contributed by atoms with van der Waals surface area (Å²) < 4.78 is 0. The van der Waals surface area contributed by atoms with Crippen LogP contribution in [0.5, 0.6) is 0 Å². The molecule has 0 spiro atoms. The predicted octanol–water partition coefficient (Wildman–Crippen LogP) is 2.15. The summed E-state index contributed by atoms with van der Waals surface area (Å²) >= 11 is 1.35. The standard InChI is InChI=1S/C12H14N4OS/c1-8-3-4-10(9(2)5-8)14-11(17)7-18-12-6-13-16-15-12/h3-6H,7H2,1-2H3,(H,14,17)(H,13,15,16). The van der Waals surface area contributed by atoms with Crippen LogP contribution in [0.4, 0.5) is 5.69 Å². The first-order valence-corrected chi connectivity index (χ1v) is 6.49. The van der Waals surface area contributed by atoms with Gasteiger partial charge in [0.05, 0.1) is 11.9 Å². The Bertz CT molecular complexity index is 539. The Hall–Kier alpha value is -1.82. The fraction of sp³-hybridized carbons (Fsp3) is 0.250. The zero-order chi connectivity index (χ0) is 13.0. The van der Waals surface area contributed by atoms with Crippen LogP contribution in [-0.2, 0) is 4.79 Å². The van der Waals surface area contributed by atoms with Crippen LogP contribution in [0.3, 0.4) is 0 Å². The molecule has 6 heteroatoms. The van der Waals surface area contributed by atoms with Crippen molar-refractivity contribution in [3.63, 3.8) is 0 Å². The molecule has 2 rings (SSSR count). The van der Waals surface area contributed by atoms with Gasteiger partial charge in [0, 0.05) is 5.69 Å². The molecule has 1 aromatic carbocycles. The second-order valence-electron chi connectivity index (χ2n) is 3.96. The number of carbonyl (C=O) groups is 1. The van der Waals surface area contributed by atoms with Crippen molar-refractivity contribution in [1.82, 2.24) is 15.4 Å². The summed E-state index contributed by atoms with van der Waals surface area (Å²) in [6.07, 6.45) is 1.59. The number of amides is 1. The Morgan fingerprint density at radius 2 is 2.28 bits per heavy atom. The molecule has 0 bridgehead atoms. The molecular formula is C12H14N4OS. The molecule has 0 aliphatic heterocycles. The minimum atomic E-state index is -0.0463. The van der Waals surface area contributed by atoms with Gasteiger partial charge in [0.25, 0.3) is 0 Å². The quantitative estimate of drug-likeness (QED) is 0.828. The highest BCUT2D eigenvalue weighted by Gasteiger charge is 2.06. The zero-order valence-electron chi connectivity index (χ0n) is 10.2. The van der Waals surface area contributed by atoms with Crippen molar-refractivity contribution in [2.45, 2.75) is 18.9 Å². The third-order valence-electron chi connectivity index (χ3n) is 2.40. The number of aryl methyl sites for hydroxylation is 2. The Labute approximate surface area is 109 Å². The number of nitrogens with zero attached hydrogens (tertiary/aromatic N) is 2. The molecular weight excluding hydrogens is 248 g/mol. The summed E-state index contributed by atoms with van der Waals surface area (Å²) in [4.78, 5) is 11.8. The van der Waals surface area contributed by atoms with Gasteiger partial charge in [0.1, 0.15) is 5.03 Å². The van der Waals surface area contributed by atoms with Gasteiger partial charge in [-0.3, -0.25) is 4.79 Å². The molecule has 1 amide bonds. The maximum atomic E-state index is 11.8. The third-order valence-corrected chi connectivity index (χ3v) is 3.30. The van der Waals surface area contributed by atoms with Gasteiger partial charge in [-0.15, -0.1) is 5.10 Å². The van der Waals surface area contributed by atoms with E-state index in [4.69, 9.17) is 0 Å². The molecule has 0 saturated carbocycles. The largest absolute Gasteiger partial charge is 0.325 e. The number of aromatic amines is 1. The maximum absolute atomic E-state index is 11.8. The lowest BCUT2D eigenvalue weighted by Crippen LogP contribution is -2.14. The number of nitrogens with one attached hydrogen (secondary N) is 2. The van der Waals surface area contributed by atoms with Crippen LogP contribution < -0.4 is 5.32 Å². The molecule has 0 radical (unpaired) electrons. The van der Waals surface area contributed by atoms with Gasteiger partial charge in [-0.05, 0) is 25.5 Å². The van der Waals surface area contributed by atoms with E-state index in [2.05, 4.69) is 20.7 Å². The molecule has 0 unspecified atom stereocenters. The molecule has 2 aromatic rings. The Kier molecular flexibility index (Phi) is 3.99. The lowest BCUT2D eigenvalue weighted by atomic mass is 10.1.